The minimum absolute atomic E-state index is 0.620. The van der Waals surface area contributed by atoms with Gasteiger partial charge in [-0.05, 0) is 36.5 Å². The van der Waals surface area contributed by atoms with Gasteiger partial charge in [0.05, 0.1) is 6.54 Å². The Bertz CT molecular complexity index is 357. The van der Waals surface area contributed by atoms with Crippen LogP contribution in [0.5, 0.6) is 0 Å². The molecule has 1 aromatic carbocycles. The molecule has 0 aliphatic heterocycles. The van der Waals surface area contributed by atoms with Gasteiger partial charge in [0.2, 0.25) is 0 Å². The first-order valence-corrected chi connectivity index (χ1v) is 6.01. The molecule has 0 bridgehead atoms. The Morgan fingerprint density at radius 3 is 2.60 bits per heavy atom. The Morgan fingerprint density at radius 2 is 2.00 bits per heavy atom. The van der Waals surface area contributed by atoms with Gasteiger partial charge in [0.15, 0.2) is 0 Å². The van der Waals surface area contributed by atoms with Crippen LogP contribution in [0.15, 0.2) is 28.7 Å². The van der Waals surface area contributed by atoms with Crippen molar-refractivity contribution >= 4 is 15.9 Å². The SMILES string of the molecule is C#CCNC1CC(c2ccc(Br)cc2)C1. The second-order valence-corrected chi connectivity index (χ2v) is 4.92. The highest BCUT2D eigenvalue weighted by molar-refractivity contribution is 9.10. The van der Waals surface area contributed by atoms with Crippen LogP contribution in [0.25, 0.3) is 0 Å². The van der Waals surface area contributed by atoms with Crippen LogP contribution in [0.1, 0.15) is 24.3 Å². The summed E-state index contributed by atoms with van der Waals surface area (Å²) in [6.45, 7) is 0.692. The summed E-state index contributed by atoms with van der Waals surface area (Å²) in [6.07, 6.45) is 7.62. The number of benzene rings is 1. The molecule has 2 heteroatoms. The zero-order valence-corrected chi connectivity index (χ0v) is 10.1. The van der Waals surface area contributed by atoms with E-state index in [-0.39, 0.29) is 0 Å². The Balaban J connectivity index is 1.84. The van der Waals surface area contributed by atoms with E-state index in [9.17, 15) is 0 Å². The van der Waals surface area contributed by atoms with E-state index in [4.69, 9.17) is 6.42 Å². The molecule has 0 spiro atoms. The molecule has 0 heterocycles. The van der Waals surface area contributed by atoms with E-state index in [0.717, 1.165) is 4.47 Å². The Labute approximate surface area is 99.4 Å². The van der Waals surface area contributed by atoms with Gasteiger partial charge in [-0.1, -0.05) is 34.0 Å². The van der Waals surface area contributed by atoms with Crippen LogP contribution < -0.4 is 5.32 Å². The van der Waals surface area contributed by atoms with Crippen molar-refractivity contribution in [2.45, 2.75) is 24.8 Å². The Hall–Kier alpha value is -0.780. The summed E-state index contributed by atoms with van der Waals surface area (Å²) in [4.78, 5) is 0. The summed E-state index contributed by atoms with van der Waals surface area (Å²) >= 11 is 3.45. The maximum absolute atomic E-state index is 5.20. The first-order valence-electron chi connectivity index (χ1n) is 5.22. The molecule has 1 N–H and O–H groups in total. The van der Waals surface area contributed by atoms with E-state index in [1.165, 1.54) is 18.4 Å². The quantitative estimate of drug-likeness (QED) is 0.828. The summed E-state index contributed by atoms with van der Waals surface area (Å²) in [7, 11) is 0. The van der Waals surface area contributed by atoms with E-state index >= 15 is 0 Å². The van der Waals surface area contributed by atoms with Gasteiger partial charge in [-0.25, -0.2) is 0 Å². The normalized spacial score (nSPS) is 24.3. The van der Waals surface area contributed by atoms with Crippen molar-refractivity contribution in [1.82, 2.24) is 5.32 Å². The molecule has 1 nitrogen and oxygen atoms in total. The number of nitrogens with one attached hydrogen (secondary N) is 1. The molecule has 0 atom stereocenters. The summed E-state index contributed by atoms with van der Waals surface area (Å²) in [5.41, 5.74) is 1.44. The lowest BCUT2D eigenvalue weighted by Crippen LogP contribution is -2.40. The molecule has 1 saturated carbocycles. The van der Waals surface area contributed by atoms with E-state index < -0.39 is 0 Å². The van der Waals surface area contributed by atoms with Gasteiger partial charge in [0, 0.05) is 10.5 Å². The largest absolute Gasteiger partial charge is 0.303 e. The lowest BCUT2D eigenvalue weighted by atomic mass is 9.76. The lowest BCUT2D eigenvalue weighted by Gasteiger charge is -2.36. The van der Waals surface area contributed by atoms with Crippen LogP contribution in [0.2, 0.25) is 0 Å². The highest BCUT2D eigenvalue weighted by atomic mass is 79.9. The van der Waals surface area contributed by atoms with Gasteiger partial charge < -0.3 is 5.32 Å². The maximum Gasteiger partial charge on any atom is 0.0575 e. The van der Waals surface area contributed by atoms with Crippen LogP contribution in [-0.2, 0) is 0 Å². The zero-order valence-electron chi connectivity index (χ0n) is 8.54. The highest BCUT2D eigenvalue weighted by Gasteiger charge is 2.29. The molecule has 0 aromatic heterocycles. The van der Waals surface area contributed by atoms with Gasteiger partial charge in [0.1, 0.15) is 0 Å². The minimum atomic E-state index is 0.620. The topological polar surface area (TPSA) is 12.0 Å². The van der Waals surface area contributed by atoms with Crippen molar-refractivity contribution in [3.63, 3.8) is 0 Å². The average molecular weight is 264 g/mol. The highest BCUT2D eigenvalue weighted by Crippen LogP contribution is 2.36. The molecule has 1 aliphatic carbocycles. The molecule has 78 valence electrons. The predicted octanol–water partition coefficient (Wildman–Crippen LogP) is 2.92. The lowest BCUT2D eigenvalue weighted by molar-refractivity contribution is 0.301. The fourth-order valence-electron chi connectivity index (χ4n) is 1.99. The predicted molar refractivity (Wildman–Crippen MR) is 66.7 cm³/mol. The number of rotatable bonds is 3. The molecule has 1 aliphatic rings. The first kappa shape index (κ1) is 10.7. The molecule has 0 unspecified atom stereocenters. The number of hydrogen-bond donors (Lipinski definition) is 1. The van der Waals surface area contributed by atoms with Gasteiger partial charge in [-0.2, -0.15) is 0 Å². The summed E-state index contributed by atoms with van der Waals surface area (Å²) in [5, 5.41) is 3.33. The summed E-state index contributed by atoms with van der Waals surface area (Å²) in [5.74, 6) is 3.33. The van der Waals surface area contributed by atoms with Crippen molar-refractivity contribution in [1.29, 1.82) is 0 Å². The third-order valence-electron chi connectivity index (χ3n) is 2.97. The van der Waals surface area contributed by atoms with Crippen LogP contribution in [0.4, 0.5) is 0 Å². The van der Waals surface area contributed by atoms with Gasteiger partial charge >= 0.3 is 0 Å². The molecular formula is C13H14BrN. The van der Waals surface area contributed by atoms with Crippen LogP contribution in [0, 0.1) is 12.3 Å². The smallest absolute Gasteiger partial charge is 0.0575 e. The van der Waals surface area contributed by atoms with Crippen LogP contribution in [-0.4, -0.2) is 12.6 Å². The maximum atomic E-state index is 5.20. The molecule has 0 saturated heterocycles. The zero-order chi connectivity index (χ0) is 10.7. The molecule has 15 heavy (non-hydrogen) atoms. The number of terminal acetylenes is 1. The van der Waals surface area contributed by atoms with Crippen molar-refractivity contribution in [2.24, 2.45) is 0 Å². The van der Waals surface area contributed by atoms with E-state index in [0.29, 0.717) is 18.5 Å². The van der Waals surface area contributed by atoms with Gasteiger partial charge in [-0.15, -0.1) is 6.42 Å². The summed E-state index contributed by atoms with van der Waals surface area (Å²) in [6, 6.07) is 9.24. The van der Waals surface area contributed by atoms with Crippen molar-refractivity contribution in [3.8, 4) is 12.3 Å². The molecule has 1 fully saturated rings. The van der Waals surface area contributed by atoms with E-state index in [1.807, 2.05) is 0 Å². The summed E-state index contributed by atoms with van der Waals surface area (Å²) < 4.78 is 1.15. The number of halogens is 1. The number of hydrogen-bond acceptors (Lipinski definition) is 1. The monoisotopic (exact) mass is 263 g/mol. The van der Waals surface area contributed by atoms with Crippen molar-refractivity contribution in [2.75, 3.05) is 6.54 Å². The molecule has 1 aromatic rings. The molecular weight excluding hydrogens is 250 g/mol. The fourth-order valence-corrected chi connectivity index (χ4v) is 2.26. The standard InChI is InChI=1S/C13H14BrN/c1-2-7-15-13-8-11(9-13)10-3-5-12(14)6-4-10/h1,3-6,11,13,15H,7-9H2. The van der Waals surface area contributed by atoms with Gasteiger partial charge in [-0.3, -0.25) is 0 Å². The van der Waals surface area contributed by atoms with E-state index in [1.54, 1.807) is 0 Å². The second kappa shape index (κ2) is 4.83. The third-order valence-corrected chi connectivity index (χ3v) is 3.50. The molecule has 2 rings (SSSR count). The molecule has 0 amide bonds. The van der Waals surface area contributed by atoms with Crippen molar-refractivity contribution < 1.29 is 0 Å². The first-order chi connectivity index (χ1) is 7.29. The second-order valence-electron chi connectivity index (χ2n) is 4.00. The Kier molecular flexibility index (Phi) is 3.45. The van der Waals surface area contributed by atoms with Crippen LogP contribution in [0.3, 0.4) is 0 Å². The van der Waals surface area contributed by atoms with Crippen molar-refractivity contribution in [3.05, 3.63) is 34.3 Å². The average Bonchev–Trinajstić information content (AvgIpc) is 2.18. The fraction of sp³-hybridized carbons (Fsp3) is 0.385. The van der Waals surface area contributed by atoms with E-state index in [2.05, 4.69) is 51.4 Å². The third kappa shape index (κ3) is 2.62. The minimum Gasteiger partial charge on any atom is -0.303 e. The van der Waals surface area contributed by atoms with Crippen LogP contribution >= 0.6 is 15.9 Å². The van der Waals surface area contributed by atoms with Gasteiger partial charge in [0.25, 0.3) is 0 Å². The Morgan fingerprint density at radius 1 is 1.33 bits per heavy atom. The molecule has 0 radical (unpaired) electrons.